The number of morpholine rings is 1. The molecule has 24 heavy (non-hydrogen) atoms. The van der Waals surface area contributed by atoms with E-state index in [1.807, 2.05) is 51.1 Å². The Morgan fingerprint density at radius 2 is 1.96 bits per heavy atom. The predicted molar refractivity (Wildman–Crippen MR) is 97.2 cm³/mol. The first kappa shape index (κ1) is 17.0. The highest BCUT2D eigenvalue weighted by Crippen LogP contribution is 2.31. The minimum absolute atomic E-state index is 0.145. The van der Waals surface area contributed by atoms with E-state index >= 15 is 0 Å². The van der Waals surface area contributed by atoms with Gasteiger partial charge in [-0.05, 0) is 56.3 Å². The van der Waals surface area contributed by atoms with Gasteiger partial charge >= 0.3 is 0 Å². The quantitative estimate of drug-likeness (QED) is 0.787. The lowest BCUT2D eigenvalue weighted by Crippen LogP contribution is -2.47. The second kappa shape index (κ2) is 7.40. The third kappa shape index (κ3) is 3.99. The number of amides is 1. The van der Waals surface area contributed by atoms with E-state index in [1.54, 1.807) is 0 Å². The molecule has 0 unspecified atom stereocenters. The van der Waals surface area contributed by atoms with Crippen LogP contribution in [0.1, 0.15) is 26.3 Å². The molecule has 1 amide bonds. The Bertz CT molecular complexity index is 659. The zero-order valence-corrected chi connectivity index (χ0v) is 15.0. The fourth-order valence-corrected chi connectivity index (χ4v) is 3.78. The first-order valence-electron chi connectivity index (χ1n) is 8.21. The first-order valence-corrected chi connectivity index (χ1v) is 9.02. The molecular weight excluding hydrogens is 324 g/mol. The standard InChI is InChI=1S/C18H22N2O3S/c1-4-22-15-7-5-14(6-8-15)9-16-17(21)19-18(24-16)20-10-12(2)23-13(3)11-20/h5-9,12-13H,4,10-11H2,1-3H3/b16-9+/t12-,13-/m1/s1. The van der Waals surface area contributed by atoms with Gasteiger partial charge in [-0.25, -0.2) is 0 Å². The van der Waals surface area contributed by atoms with Crippen LogP contribution in [0, 0.1) is 0 Å². The highest BCUT2D eigenvalue weighted by Gasteiger charge is 2.30. The Labute approximate surface area is 146 Å². The topological polar surface area (TPSA) is 51.1 Å². The predicted octanol–water partition coefficient (Wildman–Crippen LogP) is 3.16. The molecule has 0 spiro atoms. The monoisotopic (exact) mass is 346 g/mol. The van der Waals surface area contributed by atoms with Crippen LogP contribution in [0.5, 0.6) is 5.75 Å². The summed E-state index contributed by atoms with van der Waals surface area (Å²) in [7, 11) is 0. The summed E-state index contributed by atoms with van der Waals surface area (Å²) in [5.41, 5.74) is 0.967. The number of aliphatic imine (C=N–C) groups is 1. The minimum atomic E-state index is -0.171. The van der Waals surface area contributed by atoms with Crippen LogP contribution < -0.4 is 4.74 Å². The summed E-state index contributed by atoms with van der Waals surface area (Å²) in [5.74, 6) is 0.661. The summed E-state index contributed by atoms with van der Waals surface area (Å²) in [4.78, 5) is 19.2. The van der Waals surface area contributed by atoms with Gasteiger partial charge in [0.25, 0.3) is 5.91 Å². The molecule has 1 saturated heterocycles. The Balaban J connectivity index is 1.70. The molecule has 2 heterocycles. The van der Waals surface area contributed by atoms with Crippen molar-refractivity contribution >= 4 is 28.9 Å². The Morgan fingerprint density at radius 3 is 2.58 bits per heavy atom. The highest BCUT2D eigenvalue weighted by molar-refractivity contribution is 8.18. The number of rotatable bonds is 3. The maximum absolute atomic E-state index is 12.2. The molecule has 2 aliphatic heterocycles. The van der Waals surface area contributed by atoms with E-state index in [2.05, 4.69) is 9.89 Å². The number of benzene rings is 1. The highest BCUT2D eigenvalue weighted by atomic mass is 32.2. The zero-order chi connectivity index (χ0) is 17.1. The molecule has 2 atom stereocenters. The molecule has 5 nitrogen and oxygen atoms in total. The summed E-state index contributed by atoms with van der Waals surface area (Å²) in [6.45, 7) is 8.21. The number of amidine groups is 1. The summed E-state index contributed by atoms with van der Waals surface area (Å²) in [5, 5.41) is 0.777. The van der Waals surface area contributed by atoms with Gasteiger partial charge in [-0.15, -0.1) is 0 Å². The molecule has 3 rings (SSSR count). The summed E-state index contributed by atoms with van der Waals surface area (Å²) >= 11 is 1.44. The average molecular weight is 346 g/mol. The smallest absolute Gasteiger partial charge is 0.286 e. The van der Waals surface area contributed by atoms with Gasteiger partial charge in [0, 0.05) is 13.1 Å². The van der Waals surface area contributed by atoms with Gasteiger partial charge < -0.3 is 14.4 Å². The van der Waals surface area contributed by atoms with Gasteiger partial charge in [-0.1, -0.05) is 12.1 Å². The number of hydrogen-bond donors (Lipinski definition) is 0. The van der Waals surface area contributed by atoms with Gasteiger partial charge in [0.05, 0.1) is 23.7 Å². The molecule has 0 aromatic heterocycles. The van der Waals surface area contributed by atoms with Crippen LogP contribution >= 0.6 is 11.8 Å². The van der Waals surface area contributed by atoms with Crippen LogP contribution in [-0.4, -0.2) is 47.9 Å². The fraction of sp³-hybridized carbons (Fsp3) is 0.444. The van der Waals surface area contributed by atoms with Crippen molar-refractivity contribution in [3.8, 4) is 5.75 Å². The van der Waals surface area contributed by atoms with Gasteiger partial charge in [0.2, 0.25) is 0 Å². The van der Waals surface area contributed by atoms with Gasteiger partial charge in [-0.2, -0.15) is 4.99 Å². The molecule has 6 heteroatoms. The zero-order valence-electron chi connectivity index (χ0n) is 14.2. The number of thioether (sulfide) groups is 1. The molecule has 2 aliphatic rings. The minimum Gasteiger partial charge on any atom is -0.494 e. The van der Waals surface area contributed by atoms with Crippen molar-refractivity contribution in [2.45, 2.75) is 33.0 Å². The number of carbonyl (C=O) groups is 1. The molecule has 0 N–H and O–H groups in total. The number of carbonyl (C=O) groups excluding carboxylic acids is 1. The van der Waals surface area contributed by atoms with Crippen LogP contribution in [0.4, 0.5) is 0 Å². The van der Waals surface area contributed by atoms with Crippen molar-refractivity contribution in [2.75, 3.05) is 19.7 Å². The normalized spacial score (nSPS) is 26.0. The van der Waals surface area contributed by atoms with Crippen molar-refractivity contribution < 1.29 is 14.3 Å². The number of hydrogen-bond acceptors (Lipinski definition) is 5. The SMILES string of the molecule is CCOc1ccc(/C=C2/SC(N3C[C@@H](C)O[C@H](C)C3)=NC2=O)cc1. The van der Waals surface area contributed by atoms with E-state index in [4.69, 9.17) is 9.47 Å². The van der Waals surface area contributed by atoms with Crippen LogP contribution in [0.15, 0.2) is 34.2 Å². The Kier molecular flexibility index (Phi) is 5.26. The van der Waals surface area contributed by atoms with Crippen molar-refractivity contribution in [2.24, 2.45) is 4.99 Å². The number of ether oxygens (including phenoxy) is 2. The number of nitrogens with zero attached hydrogens (tertiary/aromatic N) is 2. The van der Waals surface area contributed by atoms with Crippen molar-refractivity contribution in [3.05, 3.63) is 34.7 Å². The first-order chi connectivity index (χ1) is 11.5. The summed E-state index contributed by atoms with van der Waals surface area (Å²) in [6.07, 6.45) is 2.17. The molecular formula is C18H22N2O3S. The summed E-state index contributed by atoms with van der Waals surface area (Å²) in [6, 6.07) is 7.71. The maximum Gasteiger partial charge on any atom is 0.286 e. The molecule has 0 saturated carbocycles. The van der Waals surface area contributed by atoms with Crippen LogP contribution in [0.2, 0.25) is 0 Å². The lowest BCUT2D eigenvalue weighted by Gasteiger charge is -2.35. The lowest BCUT2D eigenvalue weighted by molar-refractivity contribution is -0.113. The fourth-order valence-electron chi connectivity index (χ4n) is 2.85. The van der Waals surface area contributed by atoms with E-state index in [9.17, 15) is 4.79 Å². The van der Waals surface area contributed by atoms with Gasteiger partial charge in [0.15, 0.2) is 5.17 Å². The maximum atomic E-state index is 12.2. The third-order valence-electron chi connectivity index (χ3n) is 3.79. The third-order valence-corrected chi connectivity index (χ3v) is 4.83. The van der Waals surface area contributed by atoms with Crippen molar-refractivity contribution in [1.82, 2.24) is 4.90 Å². The van der Waals surface area contributed by atoms with Gasteiger partial charge in [-0.3, -0.25) is 4.79 Å². The largest absolute Gasteiger partial charge is 0.494 e. The van der Waals surface area contributed by atoms with E-state index in [0.717, 1.165) is 29.6 Å². The van der Waals surface area contributed by atoms with E-state index in [-0.39, 0.29) is 18.1 Å². The Morgan fingerprint density at radius 1 is 1.29 bits per heavy atom. The molecule has 1 fully saturated rings. The summed E-state index contributed by atoms with van der Waals surface area (Å²) < 4.78 is 11.2. The van der Waals surface area contributed by atoms with Crippen LogP contribution in [-0.2, 0) is 9.53 Å². The van der Waals surface area contributed by atoms with Gasteiger partial charge in [0.1, 0.15) is 5.75 Å². The lowest BCUT2D eigenvalue weighted by atomic mass is 10.2. The second-order valence-electron chi connectivity index (χ2n) is 5.97. The van der Waals surface area contributed by atoms with Crippen molar-refractivity contribution in [3.63, 3.8) is 0 Å². The van der Waals surface area contributed by atoms with Crippen LogP contribution in [0.25, 0.3) is 6.08 Å². The molecule has 0 aliphatic carbocycles. The second-order valence-corrected chi connectivity index (χ2v) is 6.98. The molecule has 1 aromatic rings. The molecule has 0 radical (unpaired) electrons. The van der Waals surface area contributed by atoms with E-state index < -0.39 is 0 Å². The van der Waals surface area contributed by atoms with E-state index in [0.29, 0.717) is 11.5 Å². The molecule has 0 bridgehead atoms. The van der Waals surface area contributed by atoms with E-state index in [1.165, 1.54) is 11.8 Å². The molecule has 128 valence electrons. The average Bonchev–Trinajstić information content (AvgIpc) is 2.90. The van der Waals surface area contributed by atoms with Crippen molar-refractivity contribution in [1.29, 1.82) is 0 Å². The molecule has 1 aromatic carbocycles. The Hall–Kier alpha value is -1.79. The van der Waals surface area contributed by atoms with Crippen LogP contribution in [0.3, 0.4) is 0 Å².